The van der Waals surface area contributed by atoms with E-state index in [1.165, 1.54) is 6.92 Å². The lowest BCUT2D eigenvalue weighted by molar-refractivity contribution is -0.158. The van der Waals surface area contributed by atoms with E-state index < -0.39 is 23.6 Å². The van der Waals surface area contributed by atoms with Crippen molar-refractivity contribution in [2.24, 2.45) is 5.92 Å². The monoisotopic (exact) mass is 410 g/mol. The van der Waals surface area contributed by atoms with E-state index in [1.807, 2.05) is 20.8 Å². The zero-order chi connectivity index (χ0) is 20.9. The number of carbonyl (C=O) groups excluding carboxylic acids is 3. The van der Waals surface area contributed by atoms with Gasteiger partial charge in [-0.05, 0) is 64.8 Å². The van der Waals surface area contributed by atoms with E-state index in [0.29, 0.717) is 36.6 Å². The van der Waals surface area contributed by atoms with Crippen LogP contribution in [0.5, 0.6) is 0 Å². The number of likely N-dealkylation sites (tertiary alicyclic amines) is 1. The lowest BCUT2D eigenvalue weighted by Gasteiger charge is -2.32. The molecule has 0 bridgehead atoms. The molecule has 1 aromatic carbocycles. The van der Waals surface area contributed by atoms with Crippen molar-refractivity contribution >= 4 is 35.3 Å². The van der Waals surface area contributed by atoms with Crippen molar-refractivity contribution in [2.75, 3.05) is 18.4 Å². The first-order chi connectivity index (χ1) is 13.0. The number of nitrogens with one attached hydrogen (secondary N) is 1. The van der Waals surface area contributed by atoms with Gasteiger partial charge in [-0.2, -0.15) is 0 Å². The average molecular weight is 411 g/mol. The third kappa shape index (κ3) is 6.71. The number of esters is 1. The molecule has 1 saturated heterocycles. The van der Waals surface area contributed by atoms with Gasteiger partial charge in [0.15, 0.2) is 6.10 Å². The average Bonchev–Trinajstić information content (AvgIpc) is 2.62. The van der Waals surface area contributed by atoms with Crippen molar-refractivity contribution < 1.29 is 23.9 Å². The van der Waals surface area contributed by atoms with Crippen LogP contribution in [0.4, 0.5) is 10.5 Å². The molecule has 0 radical (unpaired) electrons. The van der Waals surface area contributed by atoms with Crippen LogP contribution in [0.2, 0.25) is 5.02 Å². The second-order valence-electron chi connectivity index (χ2n) is 7.82. The fraction of sp³-hybridized carbons (Fsp3) is 0.550. The highest BCUT2D eigenvalue weighted by atomic mass is 35.5. The Morgan fingerprint density at radius 2 is 1.71 bits per heavy atom. The van der Waals surface area contributed by atoms with Gasteiger partial charge in [0.05, 0.1) is 5.92 Å². The summed E-state index contributed by atoms with van der Waals surface area (Å²) in [5, 5.41) is 3.24. The molecule has 7 nitrogen and oxygen atoms in total. The van der Waals surface area contributed by atoms with Crippen molar-refractivity contribution in [2.45, 2.75) is 52.2 Å². The second kappa shape index (κ2) is 9.28. The molecule has 0 spiro atoms. The summed E-state index contributed by atoms with van der Waals surface area (Å²) in [5.41, 5.74) is 0.0164. The molecule has 2 rings (SSSR count). The van der Waals surface area contributed by atoms with Gasteiger partial charge in [0.25, 0.3) is 5.91 Å². The van der Waals surface area contributed by atoms with Gasteiger partial charge in [-0.3, -0.25) is 9.59 Å². The molecule has 1 heterocycles. The predicted octanol–water partition coefficient (Wildman–Crippen LogP) is 3.86. The summed E-state index contributed by atoms with van der Waals surface area (Å²) in [7, 11) is 0. The maximum absolute atomic E-state index is 12.4. The van der Waals surface area contributed by atoms with Gasteiger partial charge in [0.1, 0.15) is 5.60 Å². The number of nitrogens with zero attached hydrogens (tertiary/aromatic N) is 1. The van der Waals surface area contributed by atoms with E-state index in [4.69, 9.17) is 21.1 Å². The molecule has 1 N–H and O–H groups in total. The van der Waals surface area contributed by atoms with Crippen LogP contribution in [-0.2, 0) is 19.1 Å². The number of benzene rings is 1. The minimum atomic E-state index is -0.924. The van der Waals surface area contributed by atoms with E-state index in [1.54, 1.807) is 29.2 Å². The van der Waals surface area contributed by atoms with Gasteiger partial charge in [0, 0.05) is 23.8 Å². The predicted molar refractivity (Wildman–Crippen MR) is 106 cm³/mol. The van der Waals surface area contributed by atoms with Crippen LogP contribution in [0.1, 0.15) is 40.5 Å². The van der Waals surface area contributed by atoms with E-state index in [2.05, 4.69) is 5.32 Å². The second-order valence-corrected chi connectivity index (χ2v) is 8.25. The largest absolute Gasteiger partial charge is 0.452 e. The van der Waals surface area contributed by atoms with E-state index >= 15 is 0 Å². The van der Waals surface area contributed by atoms with Crippen molar-refractivity contribution in [1.82, 2.24) is 4.90 Å². The van der Waals surface area contributed by atoms with E-state index in [9.17, 15) is 14.4 Å². The minimum absolute atomic E-state index is 0.343. The number of piperidine rings is 1. The maximum Gasteiger partial charge on any atom is 0.410 e. The normalized spacial score (nSPS) is 16.2. The molecule has 8 heteroatoms. The van der Waals surface area contributed by atoms with Crippen LogP contribution in [0.3, 0.4) is 0 Å². The van der Waals surface area contributed by atoms with Crippen molar-refractivity contribution in [3.05, 3.63) is 29.3 Å². The lowest BCUT2D eigenvalue weighted by Crippen LogP contribution is -2.43. The molecular weight excluding hydrogens is 384 g/mol. The topological polar surface area (TPSA) is 84.9 Å². The molecule has 28 heavy (non-hydrogen) atoms. The number of anilines is 1. The quantitative estimate of drug-likeness (QED) is 0.762. The van der Waals surface area contributed by atoms with Crippen molar-refractivity contribution in [3.8, 4) is 0 Å². The highest BCUT2D eigenvalue weighted by Gasteiger charge is 2.32. The number of ether oxygens (including phenoxy) is 2. The Labute approximate surface area is 170 Å². The first-order valence-electron chi connectivity index (χ1n) is 9.30. The van der Waals surface area contributed by atoms with Crippen molar-refractivity contribution in [1.29, 1.82) is 0 Å². The molecule has 1 fully saturated rings. The minimum Gasteiger partial charge on any atom is -0.452 e. The van der Waals surface area contributed by atoms with Gasteiger partial charge in [-0.15, -0.1) is 0 Å². The zero-order valence-electron chi connectivity index (χ0n) is 16.7. The number of halogens is 1. The Kier molecular flexibility index (Phi) is 7.29. The summed E-state index contributed by atoms with van der Waals surface area (Å²) >= 11 is 5.81. The third-order valence-corrected chi connectivity index (χ3v) is 4.51. The first kappa shape index (κ1) is 22.0. The molecular formula is C20H27ClN2O5. The summed E-state index contributed by atoms with van der Waals surface area (Å²) in [6.45, 7) is 7.79. The zero-order valence-corrected chi connectivity index (χ0v) is 17.4. The van der Waals surface area contributed by atoms with Gasteiger partial charge >= 0.3 is 12.1 Å². The summed E-state index contributed by atoms with van der Waals surface area (Å²) < 4.78 is 10.7. The lowest BCUT2D eigenvalue weighted by atomic mass is 9.97. The summed E-state index contributed by atoms with van der Waals surface area (Å²) in [5.74, 6) is -1.19. The number of hydrogen-bond donors (Lipinski definition) is 1. The van der Waals surface area contributed by atoms with Crippen LogP contribution in [0, 0.1) is 5.92 Å². The molecule has 1 aliphatic rings. The number of hydrogen-bond acceptors (Lipinski definition) is 5. The molecule has 0 aliphatic carbocycles. The SMILES string of the molecule is C[C@H](OC(=O)C1CCN(C(=O)OC(C)(C)C)CC1)C(=O)Nc1ccc(Cl)cc1. The van der Waals surface area contributed by atoms with Gasteiger partial charge < -0.3 is 19.7 Å². The smallest absolute Gasteiger partial charge is 0.410 e. The van der Waals surface area contributed by atoms with Crippen LogP contribution < -0.4 is 5.32 Å². The Bertz CT molecular complexity index is 706. The molecule has 1 aromatic rings. The van der Waals surface area contributed by atoms with Crippen LogP contribution in [0.15, 0.2) is 24.3 Å². The summed E-state index contributed by atoms with van der Waals surface area (Å²) in [4.78, 5) is 38.2. The Hall–Kier alpha value is -2.28. The first-order valence-corrected chi connectivity index (χ1v) is 9.68. The summed E-state index contributed by atoms with van der Waals surface area (Å²) in [6, 6.07) is 6.65. The number of amides is 2. The van der Waals surface area contributed by atoms with Gasteiger partial charge in [0.2, 0.25) is 0 Å². The van der Waals surface area contributed by atoms with Crippen molar-refractivity contribution in [3.63, 3.8) is 0 Å². The third-order valence-electron chi connectivity index (χ3n) is 4.25. The highest BCUT2D eigenvalue weighted by Crippen LogP contribution is 2.21. The van der Waals surface area contributed by atoms with Crippen LogP contribution in [0.25, 0.3) is 0 Å². The van der Waals surface area contributed by atoms with Crippen LogP contribution >= 0.6 is 11.6 Å². The van der Waals surface area contributed by atoms with E-state index in [-0.39, 0.29) is 12.0 Å². The Balaban J connectivity index is 1.79. The molecule has 0 aromatic heterocycles. The van der Waals surface area contributed by atoms with Crippen LogP contribution in [-0.4, -0.2) is 47.7 Å². The molecule has 0 unspecified atom stereocenters. The number of carbonyl (C=O) groups is 3. The Morgan fingerprint density at radius 1 is 1.14 bits per heavy atom. The van der Waals surface area contributed by atoms with Gasteiger partial charge in [-0.1, -0.05) is 11.6 Å². The van der Waals surface area contributed by atoms with E-state index in [0.717, 1.165) is 0 Å². The fourth-order valence-corrected chi connectivity index (χ4v) is 2.85. The molecule has 154 valence electrons. The Morgan fingerprint density at radius 3 is 2.25 bits per heavy atom. The highest BCUT2D eigenvalue weighted by molar-refractivity contribution is 6.30. The molecule has 2 amide bonds. The molecule has 1 aliphatic heterocycles. The standard InChI is InChI=1S/C20H27ClN2O5/c1-13(17(24)22-16-7-5-15(21)6-8-16)27-18(25)14-9-11-23(12-10-14)19(26)28-20(2,3)4/h5-8,13-14H,9-12H2,1-4H3,(H,22,24)/t13-/m0/s1. The molecule has 0 saturated carbocycles. The fourth-order valence-electron chi connectivity index (χ4n) is 2.73. The molecule has 1 atom stereocenters. The summed E-state index contributed by atoms with van der Waals surface area (Å²) in [6.07, 6.45) is -0.352. The van der Waals surface area contributed by atoms with Gasteiger partial charge in [-0.25, -0.2) is 4.79 Å². The number of rotatable bonds is 4. The maximum atomic E-state index is 12.4.